The Balaban J connectivity index is 2.70. The zero-order valence-electron chi connectivity index (χ0n) is 11.0. The standard InChI is InChI=1S/C12H17F3N2O2/c1-11(2,3)16-7-9(18)8-5-4-6-10(17-8)19-12(13,14)15/h4-6,9,16,18H,7H2,1-3H3/t9-/m1/s1. The summed E-state index contributed by atoms with van der Waals surface area (Å²) in [5, 5.41) is 12.9. The maximum atomic E-state index is 12.0. The number of nitrogens with one attached hydrogen (secondary N) is 1. The van der Waals surface area contributed by atoms with Gasteiger partial charge in [0, 0.05) is 18.2 Å². The second-order valence-electron chi connectivity index (χ2n) is 5.10. The molecule has 0 aliphatic rings. The van der Waals surface area contributed by atoms with E-state index in [2.05, 4.69) is 15.0 Å². The fourth-order valence-corrected chi connectivity index (χ4v) is 1.30. The van der Waals surface area contributed by atoms with E-state index in [1.807, 2.05) is 20.8 Å². The molecule has 0 spiro atoms. The molecular formula is C12H17F3N2O2. The average Bonchev–Trinajstić information content (AvgIpc) is 2.23. The first-order chi connectivity index (χ1) is 8.57. The molecule has 1 aromatic heterocycles. The van der Waals surface area contributed by atoms with Crippen molar-refractivity contribution in [2.75, 3.05) is 6.54 Å². The van der Waals surface area contributed by atoms with Gasteiger partial charge in [-0.25, -0.2) is 4.98 Å². The van der Waals surface area contributed by atoms with Crippen LogP contribution in [0.5, 0.6) is 5.88 Å². The van der Waals surface area contributed by atoms with Crippen LogP contribution in [0.25, 0.3) is 0 Å². The number of rotatable bonds is 4. The van der Waals surface area contributed by atoms with Crippen molar-refractivity contribution in [1.29, 1.82) is 0 Å². The van der Waals surface area contributed by atoms with E-state index in [0.717, 1.165) is 6.07 Å². The molecular weight excluding hydrogens is 261 g/mol. The van der Waals surface area contributed by atoms with Crippen LogP contribution in [0.15, 0.2) is 18.2 Å². The van der Waals surface area contributed by atoms with Crippen LogP contribution in [-0.2, 0) is 0 Å². The Bertz CT molecular complexity index is 416. The quantitative estimate of drug-likeness (QED) is 0.888. The molecule has 0 amide bonds. The van der Waals surface area contributed by atoms with Crippen LogP contribution >= 0.6 is 0 Å². The third-order valence-corrected chi connectivity index (χ3v) is 2.13. The van der Waals surface area contributed by atoms with Crippen LogP contribution in [0.2, 0.25) is 0 Å². The topological polar surface area (TPSA) is 54.4 Å². The molecule has 0 aromatic carbocycles. The maximum absolute atomic E-state index is 12.0. The lowest BCUT2D eigenvalue weighted by atomic mass is 10.1. The van der Waals surface area contributed by atoms with Gasteiger partial charge in [0.2, 0.25) is 5.88 Å². The van der Waals surface area contributed by atoms with Crippen LogP contribution in [0.1, 0.15) is 32.6 Å². The molecule has 2 N–H and O–H groups in total. The van der Waals surface area contributed by atoms with E-state index < -0.39 is 18.3 Å². The van der Waals surface area contributed by atoms with Crippen LogP contribution in [0, 0.1) is 0 Å². The molecule has 0 bridgehead atoms. The summed E-state index contributed by atoms with van der Waals surface area (Å²) in [5.41, 5.74) is -0.0837. The number of β-amino-alcohol motifs (C(OH)–C–C–N with tert-alkyl or cyclic N) is 1. The Morgan fingerprint density at radius 2 is 1.95 bits per heavy atom. The molecule has 0 aliphatic heterocycles. The monoisotopic (exact) mass is 278 g/mol. The molecule has 1 heterocycles. The van der Waals surface area contributed by atoms with Crippen LogP contribution in [0.3, 0.4) is 0 Å². The zero-order chi connectivity index (χ0) is 14.7. The molecule has 0 aliphatic carbocycles. The van der Waals surface area contributed by atoms with E-state index in [9.17, 15) is 18.3 Å². The predicted octanol–water partition coefficient (Wildman–Crippen LogP) is 2.40. The number of pyridine rings is 1. The van der Waals surface area contributed by atoms with Crippen LogP contribution < -0.4 is 10.1 Å². The molecule has 1 atom stereocenters. The van der Waals surface area contributed by atoms with Crippen LogP contribution in [-0.4, -0.2) is 28.5 Å². The molecule has 0 unspecified atom stereocenters. The Morgan fingerprint density at radius 1 is 1.32 bits per heavy atom. The summed E-state index contributed by atoms with van der Waals surface area (Å²) in [6.07, 6.45) is -5.80. The summed E-state index contributed by atoms with van der Waals surface area (Å²) in [6.45, 7) is 5.93. The van der Waals surface area contributed by atoms with Gasteiger partial charge in [-0.3, -0.25) is 0 Å². The normalized spacial score (nSPS) is 14.3. The number of aliphatic hydroxyl groups is 1. The van der Waals surface area contributed by atoms with Crippen molar-refractivity contribution in [3.63, 3.8) is 0 Å². The van der Waals surface area contributed by atoms with Gasteiger partial charge in [-0.15, -0.1) is 13.2 Å². The van der Waals surface area contributed by atoms with Crippen molar-refractivity contribution in [2.45, 2.75) is 38.8 Å². The second-order valence-corrected chi connectivity index (χ2v) is 5.10. The van der Waals surface area contributed by atoms with Crippen molar-refractivity contribution in [3.05, 3.63) is 23.9 Å². The molecule has 4 nitrogen and oxygen atoms in total. The lowest BCUT2D eigenvalue weighted by Crippen LogP contribution is -2.38. The number of hydrogen-bond donors (Lipinski definition) is 2. The Hall–Kier alpha value is -1.34. The van der Waals surface area contributed by atoms with E-state index in [-0.39, 0.29) is 17.8 Å². The first-order valence-corrected chi connectivity index (χ1v) is 5.73. The fourth-order valence-electron chi connectivity index (χ4n) is 1.30. The van der Waals surface area contributed by atoms with Gasteiger partial charge in [0.15, 0.2) is 0 Å². The molecule has 108 valence electrons. The third kappa shape index (κ3) is 6.40. The number of alkyl halides is 3. The molecule has 7 heteroatoms. The number of ether oxygens (including phenoxy) is 1. The lowest BCUT2D eigenvalue weighted by Gasteiger charge is -2.22. The highest BCUT2D eigenvalue weighted by atomic mass is 19.4. The highest BCUT2D eigenvalue weighted by Crippen LogP contribution is 2.22. The number of hydrogen-bond acceptors (Lipinski definition) is 4. The molecule has 0 saturated heterocycles. The summed E-state index contributed by atoms with van der Waals surface area (Å²) in [5.74, 6) is -0.584. The number of aliphatic hydroxyl groups excluding tert-OH is 1. The molecule has 0 saturated carbocycles. The van der Waals surface area contributed by atoms with Crippen molar-refractivity contribution < 1.29 is 23.0 Å². The maximum Gasteiger partial charge on any atom is 0.574 e. The summed E-state index contributed by atoms with van der Waals surface area (Å²) < 4.78 is 39.8. The SMILES string of the molecule is CC(C)(C)NC[C@@H](O)c1cccc(OC(F)(F)F)n1. The van der Waals surface area contributed by atoms with Crippen molar-refractivity contribution in [3.8, 4) is 5.88 Å². The molecule has 19 heavy (non-hydrogen) atoms. The summed E-state index contributed by atoms with van der Waals surface area (Å²) in [4.78, 5) is 3.63. The van der Waals surface area contributed by atoms with E-state index >= 15 is 0 Å². The van der Waals surface area contributed by atoms with Crippen LogP contribution in [0.4, 0.5) is 13.2 Å². The Kier molecular flexibility index (Phi) is 4.75. The molecule has 0 radical (unpaired) electrons. The number of aromatic nitrogens is 1. The van der Waals surface area contributed by atoms with Gasteiger partial charge in [-0.2, -0.15) is 0 Å². The average molecular weight is 278 g/mol. The minimum atomic E-state index is -4.79. The fraction of sp³-hybridized carbons (Fsp3) is 0.583. The summed E-state index contributed by atoms with van der Waals surface area (Å²) in [6, 6.07) is 3.88. The lowest BCUT2D eigenvalue weighted by molar-refractivity contribution is -0.276. The van der Waals surface area contributed by atoms with Gasteiger partial charge in [0.1, 0.15) is 6.10 Å². The van der Waals surface area contributed by atoms with Gasteiger partial charge >= 0.3 is 6.36 Å². The predicted molar refractivity (Wildman–Crippen MR) is 63.6 cm³/mol. The summed E-state index contributed by atoms with van der Waals surface area (Å²) in [7, 11) is 0. The van der Waals surface area contributed by atoms with E-state index in [0.29, 0.717) is 0 Å². The van der Waals surface area contributed by atoms with Gasteiger partial charge in [0.05, 0.1) is 5.69 Å². The first kappa shape index (κ1) is 15.7. The number of halogens is 3. The number of nitrogens with zero attached hydrogens (tertiary/aromatic N) is 1. The van der Waals surface area contributed by atoms with Crippen molar-refractivity contribution in [1.82, 2.24) is 10.3 Å². The highest BCUT2D eigenvalue weighted by Gasteiger charge is 2.32. The minimum absolute atomic E-state index is 0.124. The van der Waals surface area contributed by atoms with Gasteiger partial charge < -0.3 is 15.2 Å². The Labute approximate surface area is 109 Å². The van der Waals surface area contributed by atoms with Gasteiger partial charge in [0.25, 0.3) is 0 Å². The van der Waals surface area contributed by atoms with Crippen molar-refractivity contribution in [2.24, 2.45) is 0 Å². The minimum Gasteiger partial charge on any atom is -0.388 e. The summed E-state index contributed by atoms with van der Waals surface area (Å²) >= 11 is 0. The largest absolute Gasteiger partial charge is 0.574 e. The zero-order valence-corrected chi connectivity index (χ0v) is 11.0. The van der Waals surface area contributed by atoms with Gasteiger partial charge in [-0.05, 0) is 26.8 Å². The second kappa shape index (κ2) is 5.75. The van der Waals surface area contributed by atoms with E-state index in [1.54, 1.807) is 0 Å². The smallest absolute Gasteiger partial charge is 0.388 e. The molecule has 1 aromatic rings. The van der Waals surface area contributed by atoms with E-state index in [4.69, 9.17) is 0 Å². The highest BCUT2D eigenvalue weighted by molar-refractivity contribution is 5.17. The van der Waals surface area contributed by atoms with Gasteiger partial charge in [-0.1, -0.05) is 6.07 Å². The van der Waals surface area contributed by atoms with Crippen molar-refractivity contribution >= 4 is 0 Å². The first-order valence-electron chi connectivity index (χ1n) is 5.73. The Morgan fingerprint density at radius 3 is 2.47 bits per heavy atom. The third-order valence-electron chi connectivity index (χ3n) is 2.13. The van der Waals surface area contributed by atoms with E-state index in [1.165, 1.54) is 12.1 Å². The molecule has 0 fully saturated rings. The molecule has 1 rings (SSSR count).